The maximum absolute atomic E-state index is 12.9. The monoisotopic (exact) mass is 424 g/mol. The van der Waals surface area contributed by atoms with Crippen molar-refractivity contribution in [2.45, 2.75) is 6.54 Å². The summed E-state index contributed by atoms with van der Waals surface area (Å²) in [6, 6.07) is 23.8. The Balaban J connectivity index is 1.34. The second-order valence-electron chi connectivity index (χ2n) is 7.26. The third-order valence-electron chi connectivity index (χ3n) is 5.29. The number of carbonyl (C=O) groups is 1. The van der Waals surface area contributed by atoms with Crippen LogP contribution in [0.2, 0.25) is 10.0 Å². The quantitative estimate of drug-likeness (QED) is 0.542. The molecule has 0 atom stereocenters. The number of piperazine rings is 1. The van der Waals surface area contributed by atoms with Crippen molar-refractivity contribution < 1.29 is 4.79 Å². The maximum atomic E-state index is 12.9. The van der Waals surface area contributed by atoms with Crippen molar-refractivity contribution in [1.29, 1.82) is 0 Å². The van der Waals surface area contributed by atoms with Gasteiger partial charge in [-0.1, -0.05) is 71.7 Å². The number of amides is 1. The van der Waals surface area contributed by atoms with Gasteiger partial charge >= 0.3 is 0 Å². The van der Waals surface area contributed by atoms with E-state index in [0.29, 0.717) is 10.0 Å². The smallest absolute Gasteiger partial charge is 0.253 e. The van der Waals surface area contributed by atoms with E-state index in [1.54, 1.807) is 0 Å². The van der Waals surface area contributed by atoms with Crippen molar-refractivity contribution in [3.05, 3.63) is 94.0 Å². The standard InChI is InChI=1S/C24H22Cl2N2O/c25-22-11-6-18(16-23(22)26)17-27-12-14-28(15-13-27)24(29)21-9-7-20(8-10-21)19-4-2-1-3-5-19/h1-11,16H,12-15,17H2. The minimum atomic E-state index is 0.0961. The van der Waals surface area contributed by atoms with Crippen LogP contribution < -0.4 is 0 Å². The molecule has 0 aromatic heterocycles. The Labute approximate surface area is 181 Å². The highest BCUT2D eigenvalue weighted by Crippen LogP contribution is 2.24. The summed E-state index contributed by atoms with van der Waals surface area (Å²) in [4.78, 5) is 17.1. The minimum Gasteiger partial charge on any atom is -0.336 e. The first-order chi connectivity index (χ1) is 14.1. The van der Waals surface area contributed by atoms with E-state index in [9.17, 15) is 4.79 Å². The molecule has 0 aliphatic carbocycles. The first-order valence-electron chi connectivity index (χ1n) is 9.71. The van der Waals surface area contributed by atoms with Gasteiger partial charge in [0.05, 0.1) is 10.0 Å². The van der Waals surface area contributed by atoms with Crippen LogP contribution >= 0.6 is 23.2 Å². The fourth-order valence-electron chi connectivity index (χ4n) is 3.62. The molecule has 148 valence electrons. The molecular weight excluding hydrogens is 403 g/mol. The van der Waals surface area contributed by atoms with Crippen LogP contribution in [0, 0.1) is 0 Å². The predicted molar refractivity (Wildman–Crippen MR) is 120 cm³/mol. The number of benzene rings is 3. The summed E-state index contributed by atoms with van der Waals surface area (Å²) in [5.41, 5.74) is 4.15. The third kappa shape index (κ3) is 4.81. The Morgan fingerprint density at radius 2 is 1.41 bits per heavy atom. The van der Waals surface area contributed by atoms with Gasteiger partial charge in [0.25, 0.3) is 5.91 Å². The minimum absolute atomic E-state index is 0.0961. The Hall–Kier alpha value is -2.33. The zero-order valence-corrected chi connectivity index (χ0v) is 17.5. The molecule has 1 fully saturated rings. The number of nitrogens with zero attached hydrogens (tertiary/aromatic N) is 2. The Morgan fingerprint density at radius 3 is 2.07 bits per heavy atom. The Bertz CT molecular complexity index is 982. The molecule has 1 heterocycles. The van der Waals surface area contributed by atoms with Gasteiger partial charge in [-0.2, -0.15) is 0 Å². The zero-order valence-electron chi connectivity index (χ0n) is 16.0. The molecule has 4 rings (SSSR count). The van der Waals surface area contributed by atoms with E-state index in [4.69, 9.17) is 23.2 Å². The predicted octanol–water partition coefficient (Wildman–Crippen LogP) is 5.62. The highest BCUT2D eigenvalue weighted by atomic mass is 35.5. The topological polar surface area (TPSA) is 23.6 Å². The lowest BCUT2D eigenvalue weighted by Crippen LogP contribution is -2.48. The van der Waals surface area contributed by atoms with Crippen molar-refractivity contribution in [3.63, 3.8) is 0 Å². The number of hydrogen-bond donors (Lipinski definition) is 0. The number of halogens is 2. The molecule has 0 saturated carbocycles. The van der Waals surface area contributed by atoms with Crippen LogP contribution in [0.5, 0.6) is 0 Å². The van der Waals surface area contributed by atoms with Crippen molar-refractivity contribution in [3.8, 4) is 11.1 Å². The van der Waals surface area contributed by atoms with E-state index in [0.717, 1.165) is 55.0 Å². The Kier molecular flexibility index (Phi) is 6.19. The first kappa shape index (κ1) is 20.0. The molecule has 0 spiro atoms. The summed E-state index contributed by atoms with van der Waals surface area (Å²) in [5.74, 6) is 0.0961. The van der Waals surface area contributed by atoms with Crippen molar-refractivity contribution in [1.82, 2.24) is 9.80 Å². The van der Waals surface area contributed by atoms with Gasteiger partial charge in [-0.15, -0.1) is 0 Å². The third-order valence-corrected chi connectivity index (χ3v) is 6.03. The van der Waals surface area contributed by atoms with Crippen LogP contribution in [0.4, 0.5) is 0 Å². The lowest BCUT2D eigenvalue weighted by Gasteiger charge is -2.34. The maximum Gasteiger partial charge on any atom is 0.253 e. The summed E-state index contributed by atoms with van der Waals surface area (Å²) in [6.45, 7) is 3.94. The second-order valence-corrected chi connectivity index (χ2v) is 8.07. The summed E-state index contributed by atoms with van der Waals surface area (Å²) in [5, 5.41) is 1.15. The molecule has 5 heteroatoms. The largest absolute Gasteiger partial charge is 0.336 e. The molecule has 29 heavy (non-hydrogen) atoms. The summed E-state index contributed by atoms with van der Waals surface area (Å²) in [7, 11) is 0. The fourth-order valence-corrected chi connectivity index (χ4v) is 3.94. The summed E-state index contributed by atoms with van der Waals surface area (Å²) in [6.07, 6.45) is 0. The van der Waals surface area contributed by atoms with Crippen LogP contribution in [-0.2, 0) is 6.54 Å². The van der Waals surface area contributed by atoms with E-state index < -0.39 is 0 Å². The lowest BCUT2D eigenvalue weighted by atomic mass is 10.0. The molecule has 1 aliphatic heterocycles. The average Bonchev–Trinajstić information content (AvgIpc) is 2.77. The van der Waals surface area contributed by atoms with Gasteiger partial charge in [0.1, 0.15) is 0 Å². The number of hydrogen-bond acceptors (Lipinski definition) is 2. The first-order valence-corrected chi connectivity index (χ1v) is 10.5. The summed E-state index contributed by atoms with van der Waals surface area (Å²) < 4.78 is 0. The van der Waals surface area contributed by atoms with Crippen LogP contribution in [0.1, 0.15) is 15.9 Å². The van der Waals surface area contributed by atoms with Gasteiger partial charge in [-0.05, 0) is 41.0 Å². The van der Waals surface area contributed by atoms with E-state index in [-0.39, 0.29) is 5.91 Å². The fraction of sp³-hybridized carbons (Fsp3) is 0.208. The van der Waals surface area contributed by atoms with Gasteiger partial charge in [-0.3, -0.25) is 9.69 Å². The van der Waals surface area contributed by atoms with Crippen molar-refractivity contribution in [2.24, 2.45) is 0 Å². The molecular formula is C24H22Cl2N2O. The molecule has 3 aromatic carbocycles. The van der Waals surface area contributed by atoms with Gasteiger partial charge in [-0.25, -0.2) is 0 Å². The van der Waals surface area contributed by atoms with Crippen LogP contribution in [0.3, 0.4) is 0 Å². The zero-order chi connectivity index (χ0) is 20.2. The van der Waals surface area contributed by atoms with Gasteiger partial charge in [0, 0.05) is 38.3 Å². The molecule has 0 bridgehead atoms. The van der Waals surface area contributed by atoms with E-state index in [1.165, 1.54) is 0 Å². The van der Waals surface area contributed by atoms with Crippen molar-refractivity contribution >= 4 is 29.1 Å². The molecule has 1 aliphatic rings. The molecule has 0 N–H and O–H groups in total. The van der Waals surface area contributed by atoms with E-state index in [1.807, 2.05) is 65.6 Å². The van der Waals surface area contributed by atoms with E-state index in [2.05, 4.69) is 17.0 Å². The molecule has 0 unspecified atom stereocenters. The molecule has 3 aromatic rings. The van der Waals surface area contributed by atoms with Gasteiger partial charge in [0.2, 0.25) is 0 Å². The molecule has 3 nitrogen and oxygen atoms in total. The highest BCUT2D eigenvalue weighted by molar-refractivity contribution is 6.42. The molecule has 0 radical (unpaired) electrons. The van der Waals surface area contributed by atoms with E-state index >= 15 is 0 Å². The van der Waals surface area contributed by atoms with Crippen LogP contribution in [0.25, 0.3) is 11.1 Å². The average molecular weight is 425 g/mol. The Morgan fingerprint density at radius 1 is 0.759 bits per heavy atom. The van der Waals surface area contributed by atoms with Crippen LogP contribution in [0.15, 0.2) is 72.8 Å². The number of carbonyl (C=O) groups excluding carboxylic acids is 1. The highest BCUT2D eigenvalue weighted by Gasteiger charge is 2.22. The van der Waals surface area contributed by atoms with Gasteiger partial charge in [0.15, 0.2) is 0 Å². The molecule has 1 amide bonds. The summed E-state index contributed by atoms with van der Waals surface area (Å²) >= 11 is 12.1. The SMILES string of the molecule is O=C(c1ccc(-c2ccccc2)cc1)N1CCN(Cc2ccc(Cl)c(Cl)c2)CC1. The number of rotatable bonds is 4. The second kappa shape index (κ2) is 9.00. The van der Waals surface area contributed by atoms with Gasteiger partial charge < -0.3 is 4.90 Å². The lowest BCUT2D eigenvalue weighted by molar-refractivity contribution is 0.0628. The molecule has 1 saturated heterocycles. The van der Waals surface area contributed by atoms with Crippen LogP contribution in [-0.4, -0.2) is 41.9 Å². The van der Waals surface area contributed by atoms with Crippen molar-refractivity contribution in [2.75, 3.05) is 26.2 Å². The normalized spacial score (nSPS) is 14.8.